The average Bonchev–Trinajstić information content (AvgIpc) is 3.36. The van der Waals surface area contributed by atoms with Crippen LogP contribution in [0.25, 0.3) is 21.1 Å². The number of aromatic nitrogens is 3. The van der Waals surface area contributed by atoms with E-state index in [0.29, 0.717) is 22.3 Å². The first-order chi connectivity index (χ1) is 17.9. The third-order valence-corrected chi connectivity index (χ3v) is 9.24. The fraction of sp³-hybridized carbons (Fsp3) is 0.481. The molecule has 1 aromatic carbocycles. The van der Waals surface area contributed by atoms with E-state index < -0.39 is 19.7 Å². The van der Waals surface area contributed by atoms with E-state index >= 15 is 0 Å². The minimum absolute atomic E-state index is 0.203. The zero-order valence-corrected chi connectivity index (χ0v) is 23.8. The first kappa shape index (κ1) is 27.2. The number of hydrogen-bond donors (Lipinski definition) is 1. The van der Waals surface area contributed by atoms with Crippen LogP contribution in [-0.2, 0) is 23.8 Å². The highest BCUT2D eigenvalue weighted by Gasteiger charge is 2.29. The number of alkyl halides is 3. The monoisotopic (exact) mass is 563 g/mol. The molecule has 204 valence electrons. The predicted molar refractivity (Wildman–Crippen MR) is 150 cm³/mol. The summed E-state index contributed by atoms with van der Waals surface area (Å²) in [6.07, 6.45) is -1.38. The van der Waals surface area contributed by atoms with Crippen LogP contribution in [0.4, 0.5) is 19.0 Å². The van der Waals surface area contributed by atoms with Crippen LogP contribution in [0.1, 0.15) is 34.5 Å². The minimum Gasteiger partial charge on any atom is -0.367 e. The Bertz CT molecular complexity index is 1510. The predicted octanol–water partition coefficient (Wildman–Crippen LogP) is 7.02. The van der Waals surface area contributed by atoms with Crippen LogP contribution in [0.2, 0.25) is 0 Å². The third kappa shape index (κ3) is 6.08. The van der Waals surface area contributed by atoms with Crippen molar-refractivity contribution in [2.24, 2.45) is 0 Å². The highest BCUT2D eigenvalue weighted by molar-refractivity contribution is 7.61. The van der Waals surface area contributed by atoms with Gasteiger partial charge in [0.15, 0.2) is 0 Å². The van der Waals surface area contributed by atoms with Gasteiger partial charge in [-0.1, -0.05) is 6.07 Å². The van der Waals surface area contributed by atoms with Gasteiger partial charge in [-0.15, -0.1) is 11.3 Å². The molecule has 1 aliphatic rings. The van der Waals surface area contributed by atoms with E-state index in [1.807, 2.05) is 13.3 Å². The van der Waals surface area contributed by atoms with Gasteiger partial charge in [0.25, 0.3) is 0 Å². The van der Waals surface area contributed by atoms with Crippen LogP contribution < -0.4 is 5.32 Å². The highest BCUT2D eigenvalue weighted by Crippen LogP contribution is 2.40. The van der Waals surface area contributed by atoms with E-state index in [4.69, 9.17) is 0 Å². The van der Waals surface area contributed by atoms with Crippen LogP contribution in [0.15, 0.2) is 30.6 Å². The number of benzene rings is 1. The van der Waals surface area contributed by atoms with Gasteiger partial charge < -0.3 is 14.4 Å². The Morgan fingerprint density at radius 1 is 1.11 bits per heavy atom. The number of rotatable bonds is 7. The number of nitrogens with one attached hydrogen (secondary N) is 1. The summed E-state index contributed by atoms with van der Waals surface area (Å²) >= 11 is 1.07. The van der Waals surface area contributed by atoms with Crippen molar-refractivity contribution in [2.75, 3.05) is 31.7 Å². The summed E-state index contributed by atoms with van der Waals surface area (Å²) in [5.41, 5.74) is 4.83. The van der Waals surface area contributed by atoms with Crippen molar-refractivity contribution in [1.29, 1.82) is 0 Å². The summed E-state index contributed by atoms with van der Waals surface area (Å²) in [5.74, 6) is 0.614. The molecule has 4 heterocycles. The summed E-state index contributed by atoms with van der Waals surface area (Å²) in [5, 5.41) is 5.35. The second-order valence-electron chi connectivity index (χ2n) is 10.9. The van der Waals surface area contributed by atoms with Gasteiger partial charge in [0, 0.05) is 47.2 Å². The Kier molecular flexibility index (Phi) is 7.35. The SMILES string of the molecule is Cc1c(CN2CCC(Nc3ncnc4sc(CC(F)(F)F)cc34)CC2)ccc2c1cc(C)n2CP(C)(C)=O. The van der Waals surface area contributed by atoms with Crippen LogP contribution in [-0.4, -0.2) is 58.1 Å². The standard InChI is InChI=1S/C27H33F3N5OPS/c1-17-11-22-18(2)19(5-6-24(22)35(17)16-37(3,4)36)14-34-9-7-20(8-10-34)33-25-23-12-21(13-27(28,29)30)38-26(23)32-15-31-25/h5-6,11-12,15,20H,7-10,13-14,16H2,1-4H3,(H,31,32,33). The smallest absolute Gasteiger partial charge is 0.367 e. The first-order valence-electron chi connectivity index (χ1n) is 12.8. The number of thiophene rings is 1. The second-order valence-corrected chi connectivity index (χ2v) is 15.4. The second kappa shape index (κ2) is 10.3. The van der Waals surface area contributed by atoms with E-state index in [1.165, 1.54) is 22.8 Å². The van der Waals surface area contributed by atoms with E-state index in [2.05, 4.69) is 56.8 Å². The largest absolute Gasteiger partial charge is 0.393 e. The molecule has 1 N–H and O–H groups in total. The molecule has 0 spiro atoms. The molecule has 6 nitrogen and oxygen atoms in total. The van der Waals surface area contributed by atoms with Crippen LogP contribution in [0.5, 0.6) is 0 Å². The molecule has 0 aliphatic carbocycles. The summed E-state index contributed by atoms with van der Waals surface area (Å²) in [7, 11) is -2.20. The zero-order chi connectivity index (χ0) is 27.2. The molecule has 38 heavy (non-hydrogen) atoms. The molecule has 0 unspecified atom stereocenters. The van der Waals surface area contributed by atoms with Crippen molar-refractivity contribution >= 4 is 45.4 Å². The maximum Gasteiger partial charge on any atom is 0.393 e. The van der Waals surface area contributed by atoms with Crippen molar-refractivity contribution < 1.29 is 17.7 Å². The van der Waals surface area contributed by atoms with Gasteiger partial charge >= 0.3 is 6.18 Å². The topological polar surface area (TPSA) is 63.0 Å². The third-order valence-electron chi connectivity index (χ3n) is 7.23. The molecule has 0 amide bonds. The molecule has 1 saturated heterocycles. The van der Waals surface area contributed by atoms with E-state index in [1.54, 1.807) is 6.07 Å². The Morgan fingerprint density at radius 3 is 2.53 bits per heavy atom. The Morgan fingerprint density at radius 2 is 1.84 bits per heavy atom. The van der Waals surface area contributed by atoms with Gasteiger partial charge in [0.2, 0.25) is 0 Å². The Hall–Kier alpha value is -2.42. The lowest BCUT2D eigenvalue weighted by Crippen LogP contribution is -2.39. The van der Waals surface area contributed by atoms with E-state index in [9.17, 15) is 17.7 Å². The number of aryl methyl sites for hydroxylation is 2. The average molecular weight is 564 g/mol. The summed E-state index contributed by atoms with van der Waals surface area (Å²) in [4.78, 5) is 11.8. The van der Waals surface area contributed by atoms with E-state index in [0.717, 1.165) is 55.0 Å². The molecule has 11 heteroatoms. The maximum atomic E-state index is 12.9. The lowest BCUT2D eigenvalue weighted by atomic mass is 10.0. The lowest BCUT2D eigenvalue weighted by molar-refractivity contribution is -0.126. The van der Waals surface area contributed by atoms with Crippen LogP contribution in [0.3, 0.4) is 0 Å². The molecule has 0 bridgehead atoms. The van der Waals surface area contributed by atoms with Crippen LogP contribution in [0, 0.1) is 13.8 Å². The maximum absolute atomic E-state index is 12.9. The number of nitrogens with zero attached hydrogens (tertiary/aromatic N) is 4. The summed E-state index contributed by atoms with van der Waals surface area (Å²) in [6.45, 7) is 10.6. The summed E-state index contributed by atoms with van der Waals surface area (Å²) < 4.78 is 53.2. The summed E-state index contributed by atoms with van der Waals surface area (Å²) in [6, 6.07) is 8.32. The molecular formula is C27H33F3N5OPS. The number of piperidine rings is 1. The molecular weight excluding hydrogens is 530 g/mol. The lowest BCUT2D eigenvalue weighted by Gasteiger charge is -2.33. The molecule has 3 aromatic heterocycles. The van der Waals surface area contributed by atoms with Crippen LogP contribution >= 0.6 is 18.5 Å². The zero-order valence-electron chi connectivity index (χ0n) is 22.1. The van der Waals surface area contributed by atoms with Gasteiger partial charge in [-0.05, 0) is 69.3 Å². The molecule has 5 rings (SSSR count). The van der Waals surface area contributed by atoms with Crippen molar-refractivity contribution in [3.05, 3.63) is 52.3 Å². The quantitative estimate of drug-likeness (QED) is 0.245. The van der Waals surface area contributed by atoms with Gasteiger partial charge in [0.05, 0.1) is 18.1 Å². The molecule has 1 fully saturated rings. The Labute approximate surface area is 224 Å². The van der Waals surface area contributed by atoms with Gasteiger partial charge in [-0.2, -0.15) is 13.2 Å². The van der Waals surface area contributed by atoms with Gasteiger partial charge in [-0.3, -0.25) is 4.90 Å². The minimum atomic E-state index is -4.24. The molecule has 0 radical (unpaired) electrons. The van der Waals surface area contributed by atoms with Gasteiger partial charge in [0.1, 0.15) is 24.1 Å². The Balaban J connectivity index is 1.24. The molecule has 0 atom stereocenters. The fourth-order valence-corrected chi connectivity index (χ4v) is 7.41. The number of likely N-dealkylation sites (tertiary alicyclic amines) is 1. The normalized spacial score (nSPS) is 16.1. The molecule has 1 aliphatic heterocycles. The molecule has 0 saturated carbocycles. The van der Waals surface area contributed by atoms with E-state index in [-0.39, 0.29) is 10.9 Å². The highest BCUT2D eigenvalue weighted by atomic mass is 32.1. The molecule has 4 aromatic rings. The fourth-order valence-electron chi connectivity index (χ4n) is 5.33. The number of anilines is 1. The first-order valence-corrected chi connectivity index (χ1v) is 16.4. The van der Waals surface area contributed by atoms with Crippen molar-refractivity contribution in [1.82, 2.24) is 19.4 Å². The van der Waals surface area contributed by atoms with Crippen molar-refractivity contribution in [2.45, 2.75) is 58.2 Å². The van der Waals surface area contributed by atoms with Crippen molar-refractivity contribution in [3.63, 3.8) is 0 Å². The number of fused-ring (bicyclic) bond motifs is 2. The van der Waals surface area contributed by atoms with Gasteiger partial charge in [-0.25, -0.2) is 9.97 Å². The van der Waals surface area contributed by atoms with Crippen molar-refractivity contribution in [3.8, 4) is 0 Å². The number of halogens is 3. The number of hydrogen-bond acceptors (Lipinski definition) is 6.